The molecule has 3 heteroatoms. The summed E-state index contributed by atoms with van der Waals surface area (Å²) in [6, 6.07) is 0. The summed E-state index contributed by atoms with van der Waals surface area (Å²) in [6.45, 7) is 4.99. The molecule has 0 fully saturated rings. The predicted molar refractivity (Wildman–Crippen MR) is 45.9 cm³/mol. The van der Waals surface area contributed by atoms with Crippen LogP contribution in [0.3, 0.4) is 0 Å². The fourth-order valence-electron chi connectivity index (χ4n) is 1.29. The van der Waals surface area contributed by atoms with Gasteiger partial charge in [-0.05, 0) is 13.3 Å². The summed E-state index contributed by atoms with van der Waals surface area (Å²) in [4.78, 5) is 21.6. The Morgan fingerprint density at radius 2 is 1.92 bits per heavy atom. The first-order valence-electron chi connectivity index (χ1n) is 4.24. The van der Waals surface area contributed by atoms with Crippen LogP contribution in [-0.4, -0.2) is 16.9 Å². The Bertz CT molecular complexity index is 175. The Morgan fingerprint density at radius 3 is 2.17 bits per heavy atom. The van der Waals surface area contributed by atoms with Crippen LogP contribution in [0.15, 0.2) is 0 Å². The molecule has 2 atom stereocenters. The van der Waals surface area contributed by atoms with Crippen molar-refractivity contribution in [2.75, 3.05) is 0 Å². The highest BCUT2D eigenvalue weighted by Gasteiger charge is 2.26. The quantitative estimate of drug-likeness (QED) is 0.686. The molecule has 0 saturated carbocycles. The number of aliphatic carboxylic acids is 1. The molecule has 70 valence electrons. The number of Topliss-reactive ketones (excluding diaryl/α,β-unsaturated/α-hetero) is 1. The van der Waals surface area contributed by atoms with Crippen molar-refractivity contribution in [1.29, 1.82) is 0 Å². The van der Waals surface area contributed by atoms with Crippen molar-refractivity contribution in [3.8, 4) is 0 Å². The first kappa shape index (κ1) is 11.1. The molecule has 1 N–H and O–H groups in total. The standard InChI is InChI=1S/C9H16O3/c1-4-5-8(7(3)10)6(2)9(11)12/h6,8H,4-5H2,1-3H3,(H,11,12). The van der Waals surface area contributed by atoms with Crippen molar-refractivity contribution < 1.29 is 14.7 Å². The third kappa shape index (κ3) is 3.03. The fraction of sp³-hybridized carbons (Fsp3) is 0.778. The number of carbonyl (C=O) groups excluding carboxylic acids is 1. The molecule has 3 nitrogen and oxygen atoms in total. The van der Waals surface area contributed by atoms with Crippen LogP contribution in [0.4, 0.5) is 0 Å². The minimum atomic E-state index is -0.886. The van der Waals surface area contributed by atoms with Crippen molar-refractivity contribution in [1.82, 2.24) is 0 Å². The van der Waals surface area contributed by atoms with E-state index in [0.29, 0.717) is 6.42 Å². The first-order valence-corrected chi connectivity index (χ1v) is 4.24. The van der Waals surface area contributed by atoms with Gasteiger partial charge in [0, 0.05) is 5.92 Å². The summed E-state index contributed by atoms with van der Waals surface area (Å²) >= 11 is 0. The van der Waals surface area contributed by atoms with Crippen LogP contribution < -0.4 is 0 Å². The number of ketones is 1. The van der Waals surface area contributed by atoms with Crippen LogP contribution in [0.5, 0.6) is 0 Å². The van der Waals surface area contributed by atoms with Gasteiger partial charge in [0.05, 0.1) is 5.92 Å². The lowest BCUT2D eigenvalue weighted by Crippen LogP contribution is -2.25. The van der Waals surface area contributed by atoms with Crippen LogP contribution in [0.25, 0.3) is 0 Å². The molecular formula is C9H16O3. The van der Waals surface area contributed by atoms with Crippen molar-refractivity contribution in [3.63, 3.8) is 0 Å². The molecule has 0 aliphatic heterocycles. The fourth-order valence-corrected chi connectivity index (χ4v) is 1.29. The molecule has 0 rings (SSSR count). The minimum absolute atomic E-state index is 0.0215. The zero-order chi connectivity index (χ0) is 9.72. The van der Waals surface area contributed by atoms with E-state index >= 15 is 0 Å². The highest BCUT2D eigenvalue weighted by Crippen LogP contribution is 2.18. The van der Waals surface area contributed by atoms with Gasteiger partial charge in [0.1, 0.15) is 5.78 Å². The summed E-state index contributed by atoms with van der Waals surface area (Å²) < 4.78 is 0. The molecule has 0 saturated heterocycles. The maximum atomic E-state index is 11.0. The molecule has 0 amide bonds. The van der Waals surface area contributed by atoms with Gasteiger partial charge < -0.3 is 5.11 Å². The van der Waals surface area contributed by atoms with Crippen molar-refractivity contribution in [2.45, 2.75) is 33.6 Å². The van der Waals surface area contributed by atoms with E-state index in [2.05, 4.69) is 0 Å². The lowest BCUT2D eigenvalue weighted by atomic mass is 9.87. The maximum absolute atomic E-state index is 11.0. The smallest absolute Gasteiger partial charge is 0.306 e. The molecule has 0 aromatic carbocycles. The number of rotatable bonds is 5. The summed E-state index contributed by atoms with van der Waals surface area (Å²) in [5.41, 5.74) is 0. The van der Waals surface area contributed by atoms with Crippen molar-refractivity contribution in [2.24, 2.45) is 11.8 Å². The SMILES string of the molecule is CCCC(C(C)=O)C(C)C(=O)O. The third-order valence-corrected chi connectivity index (χ3v) is 2.11. The molecule has 0 aromatic heterocycles. The molecule has 12 heavy (non-hydrogen) atoms. The number of carbonyl (C=O) groups is 2. The van der Waals surface area contributed by atoms with Crippen LogP contribution in [-0.2, 0) is 9.59 Å². The highest BCUT2D eigenvalue weighted by molar-refractivity contribution is 5.84. The van der Waals surface area contributed by atoms with Gasteiger partial charge in [0.15, 0.2) is 0 Å². The van der Waals surface area contributed by atoms with Gasteiger partial charge in [-0.1, -0.05) is 20.3 Å². The van der Waals surface area contributed by atoms with Gasteiger partial charge in [-0.25, -0.2) is 0 Å². The second kappa shape index (κ2) is 4.91. The number of carboxylic acids is 1. The topological polar surface area (TPSA) is 54.4 Å². The molecular weight excluding hydrogens is 156 g/mol. The second-order valence-electron chi connectivity index (χ2n) is 3.13. The summed E-state index contributed by atoms with van der Waals surface area (Å²) in [6.07, 6.45) is 1.52. The number of hydrogen-bond donors (Lipinski definition) is 1. The Morgan fingerprint density at radius 1 is 1.42 bits per heavy atom. The Hall–Kier alpha value is -0.860. The van der Waals surface area contributed by atoms with E-state index in [-0.39, 0.29) is 11.7 Å². The van der Waals surface area contributed by atoms with E-state index in [4.69, 9.17) is 5.11 Å². The van der Waals surface area contributed by atoms with Gasteiger partial charge in [-0.2, -0.15) is 0 Å². The molecule has 0 aliphatic rings. The van der Waals surface area contributed by atoms with Gasteiger partial charge in [0.25, 0.3) is 0 Å². The van der Waals surface area contributed by atoms with Crippen LogP contribution in [0.1, 0.15) is 33.6 Å². The maximum Gasteiger partial charge on any atom is 0.306 e. The normalized spacial score (nSPS) is 15.2. The average Bonchev–Trinajstić information content (AvgIpc) is 1.98. The third-order valence-electron chi connectivity index (χ3n) is 2.11. The van der Waals surface area contributed by atoms with E-state index in [1.807, 2.05) is 6.92 Å². The Kier molecular flexibility index (Phi) is 4.55. The zero-order valence-corrected chi connectivity index (χ0v) is 7.83. The van der Waals surface area contributed by atoms with E-state index < -0.39 is 11.9 Å². The highest BCUT2D eigenvalue weighted by atomic mass is 16.4. The monoisotopic (exact) mass is 172 g/mol. The largest absolute Gasteiger partial charge is 0.481 e. The second-order valence-corrected chi connectivity index (χ2v) is 3.13. The Balaban J connectivity index is 4.28. The van der Waals surface area contributed by atoms with Crippen molar-refractivity contribution >= 4 is 11.8 Å². The van der Waals surface area contributed by atoms with Gasteiger partial charge in [0.2, 0.25) is 0 Å². The first-order chi connectivity index (χ1) is 5.50. The van der Waals surface area contributed by atoms with Crippen LogP contribution in [0.2, 0.25) is 0 Å². The summed E-state index contributed by atoms with van der Waals surface area (Å²) in [5, 5.41) is 8.68. The molecule has 0 spiro atoms. The molecule has 0 radical (unpaired) electrons. The lowest BCUT2D eigenvalue weighted by Gasteiger charge is -2.16. The number of carboxylic acid groups (broad SMARTS) is 1. The predicted octanol–water partition coefficient (Wildman–Crippen LogP) is 1.71. The molecule has 0 aromatic rings. The molecule has 0 aliphatic carbocycles. The zero-order valence-electron chi connectivity index (χ0n) is 7.83. The van der Waals surface area contributed by atoms with E-state index in [9.17, 15) is 9.59 Å². The van der Waals surface area contributed by atoms with E-state index in [1.54, 1.807) is 6.92 Å². The van der Waals surface area contributed by atoms with E-state index in [0.717, 1.165) is 6.42 Å². The van der Waals surface area contributed by atoms with E-state index in [1.165, 1.54) is 6.92 Å². The minimum Gasteiger partial charge on any atom is -0.481 e. The summed E-state index contributed by atoms with van der Waals surface area (Å²) in [5.74, 6) is -1.77. The van der Waals surface area contributed by atoms with Gasteiger partial charge in [-0.15, -0.1) is 0 Å². The number of hydrogen-bond acceptors (Lipinski definition) is 2. The molecule has 0 bridgehead atoms. The van der Waals surface area contributed by atoms with Crippen LogP contribution >= 0.6 is 0 Å². The Labute approximate surface area is 72.8 Å². The van der Waals surface area contributed by atoms with Crippen molar-refractivity contribution in [3.05, 3.63) is 0 Å². The van der Waals surface area contributed by atoms with Gasteiger partial charge >= 0.3 is 5.97 Å². The average molecular weight is 172 g/mol. The molecule has 2 unspecified atom stereocenters. The lowest BCUT2D eigenvalue weighted by molar-refractivity contribution is -0.145. The van der Waals surface area contributed by atoms with Gasteiger partial charge in [-0.3, -0.25) is 9.59 Å². The molecule has 0 heterocycles. The van der Waals surface area contributed by atoms with Crippen LogP contribution in [0, 0.1) is 11.8 Å². The summed E-state index contributed by atoms with van der Waals surface area (Å²) in [7, 11) is 0.